The van der Waals surface area contributed by atoms with Crippen LogP contribution in [0.4, 0.5) is 0 Å². The predicted molar refractivity (Wildman–Crippen MR) is 143 cm³/mol. The third kappa shape index (κ3) is 2.99. The summed E-state index contributed by atoms with van der Waals surface area (Å²) in [5.74, 6) is 0. The number of rotatable bonds is 3. The van der Waals surface area contributed by atoms with Crippen LogP contribution in [-0.4, -0.2) is 4.57 Å². The van der Waals surface area contributed by atoms with Crippen molar-refractivity contribution in [3.05, 3.63) is 126 Å². The van der Waals surface area contributed by atoms with E-state index in [1.165, 1.54) is 58.8 Å². The average Bonchev–Trinajstić information content (AvgIpc) is 3.39. The van der Waals surface area contributed by atoms with Gasteiger partial charge in [-0.05, 0) is 53.9 Å². The smallest absolute Gasteiger partial charge is 0.0543 e. The molecule has 156 valence electrons. The number of hydrogen-bond acceptors (Lipinski definition) is 1. The lowest BCUT2D eigenvalue weighted by Gasteiger charge is -2.09. The molecular weight excluding hydrogens is 418 g/mol. The highest BCUT2D eigenvalue weighted by atomic mass is 32.1. The summed E-state index contributed by atoms with van der Waals surface area (Å²) in [6.45, 7) is 0. The van der Waals surface area contributed by atoms with Crippen LogP contribution in [0.1, 0.15) is 11.1 Å². The van der Waals surface area contributed by atoms with E-state index in [-0.39, 0.29) is 0 Å². The van der Waals surface area contributed by atoms with Crippen molar-refractivity contribution in [1.29, 1.82) is 0 Å². The Bertz CT molecular complexity index is 1790. The van der Waals surface area contributed by atoms with Crippen LogP contribution in [-0.2, 0) is 6.42 Å². The number of thiophene rings is 1. The molecular formula is C31H21NS. The van der Waals surface area contributed by atoms with Gasteiger partial charge in [-0.2, -0.15) is 0 Å². The van der Waals surface area contributed by atoms with Gasteiger partial charge in [0.05, 0.1) is 11.0 Å². The summed E-state index contributed by atoms with van der Waals surface area (Å²) in [6.07, 6.45) is 0.927. The van der Waals surface area contributed by atoms with Crippen LogP contribution in [0.2, 0.25) is 0 Å². The second kappa shape index (κ2) is 7.33. The minimum absolute atomic E-state index is 0.927. The van der Waals surface area contributed by atoms with Crippen molar-refractivity contribution in [2.24, 2.45) is 0 Å². The van der Waals surface area contributed by atoms with E-state index in [1.807, 2.05) is 11.3 Å². The summed E-state index contributed by atoms with van der Waals surface area (Å²) < 4.78 is 5.12. The molecule has 2 heteroatoms. The fourth-order valence-electron chi connectivity index (χ4n) is 5.10. The first-order valence-electron chi connectivity index (χ1n) is 11.3. The molecule has 2 heterocycles. The predicted octanol–water partition coefficient (Wildman–Crippen LogP) is 8.74. The molecule has 33 heavy (non-hydrogen) atoms. The van der Waals surface area contributed by atoms with Gasteiger partial charge in [-0.15, -0.1) is 11.3 Å². The number of aromatic nitrogens is 1. The Morgan fingerprint density at radius 1 is 0.485 bits per heavy atom. The third-order valence-corrected chi connectivity index (χ3v) is 7.74. The highest BCUT2D eigenvalue weighted by Crippen LogP contribution is 2.35. The molecule has 0 N–H and O–H groups in total. The van der Waals surface area contributed by atoms with E-state index in [4.69, 9.17) is 0 Å². The zero-order valence-electron chi connectivity index (χ0n) is 18.0. The Hall–Kier alpha value is -3.88. The summed E-state index contributed by atoms with van der Waals surface area (Å²) in [5.41, 5.74) is 6.41. The Morgan fingerprint density at radius 2 is 1.12 bits per heavy atom. The van der Waals surface area contributed by atoms with Gasteiger partial charge in [0.15, 0.2) is 0 Å². The minimum Gasteiger partial charge on any atom is -0.309 e. The second-order valence-electron chi connectivity index (χ2n) is 8.65. The quantitative estimate of drug-likeness (QED) is 0.259. The summed E-state index contributed by atoms with van der Waals surface area (Å²) in [5, 5.41) is 5.32. The SMILES string of the molecule is c1ccc(-n2c3ccccc3c3ccc(Cc4ccc5c(c4)sc4ccccc45)cc32)cc1. The van der Waals surface area contributed by atoms with E-state index in [0.717, 1.165) is 6.42 Å². The van der Waals surface area contributed by atoms with Crippen molar-refractivity contribution < 1.29 is 0 Å². The van der Waals surface area contributed by atoms with Gasteiger partial charge in [-0.3, -0.25) is 0 Å². The van der Waals surface area contributed by atoms with E-state index < -0.39 is 0 Å². The normalized spacial score (nSPS) is 11.8. The maximum atomic E-state index is 2.39. The van der Waals surface area contributed by atoms with Gasteiger partial charge in [0, 0.05) is 36.6 Å². The summed E-state index contributed by atoms with van der Waals surface area (Å²) in [7, 11) is 0. The molecule has 1 nitrogen and oxygen atoms in total. The Kier molecular flexibility index (Phi) is 4.15. The summed E-state index contributed by atoms with van der Waals surface area (Å²) >= 11 is 1.89. The van der Waals surface area contributed by atoms with Crippen LogP contribution in [0.5, 0.6) is 0 Å². The maximum absolute atomic E-state index is 2.39. The lowest BCUT2D eigenvalue weighted by Crippen LogP contribution is -1.94. The molecule has 0 aliphatic carbocycles. The van der Waals surface area contributed by atoms with Crippen molar-refractivity contribution in [3.63, 3.8) is 0 Å². The van der Waals surface area contributed by atoms with E-state index in [9.17, 15) is 0 Å². The van der Waals surface area contributed by atoms with Gasteiger partial charge in [-0.1, -0.05) is 78.9 Å². The third-order valence-electron chi connectivity index (χ3n) is 6.60. The monoisotopic (exact) mass is 439 g/mol. The van der Waals surface area contributed by atoms with Gasteiger partial charge >= 0.3 is 0 Å². The summed E-state index contributed by atoms with van der Waals surface area (Å²) in [4.78, 5) is 0. The summed E-state index contributed by atoms with van der Waals surface area (Å²) in [6, 6.07) is 42.0. The van der Waals surface area contributed by atoms with Gasteiger partial charge in [-0.25, -0.2) is 0 Å². The average molecular weight is 440 g/mol. The fourth-order valence-corrected chi connectivity index (χ4v) is 6.27. The molecule has 7 rings (SSSR count). The molecule has 0 bridgehead atoms. The van der Waals surface area contributed by atoms with E-state index in [1.54, 1.807) is 0 Å². The number of para-hydroxylation sites is 2. The van der Waals surface area contributed by atoms with Crippen LogP contribution < -0.4 is 0 Å². The highest BCUT2D eigenvalue weighted by molar-refractivity contribution is 7.25. The molecule has 2 aromatic heterocycles. The van der Waals surface area contributed by atoms with Crippen LogP contribution >= 0.6 is 11.3 Å². The first kappa shape index (κ1) is 18.7. The number of fused-ring (bicyclic) bond motifs is 6. The molecule has 0 radical (unpaired) electrons. The van der Waals surface area contributed by atoms with Gasteiger partial charge in [0.25, 0.3) is 0 Å². The molecule has 0 spiro atoms. The van der Waals surface area contributed by atoms with Gasteiger partial charge < -0.3 is 4.57 Å². The lowest BCUT2D eigenvalue weighted by atomic mass is 10.0. The van der Waals surface area contributed by atoms with Gasteiger partial charge in [0.2, 0.25) is 0 Å². The largest absolute Gasteiger partial charge is 0.309 e. The highest BCUT2D eigenvalue weighted by Gasteiger charge is 2.13. The Labute approximate surface area is 196 Å². The van der Waals surface area contributed by atoms with Crippen LogP contribution in [0.3, 0.4) is 0 Å². The van der Waals surface area contributed by atoms with Crippen molar-refractivity contribution in [3.8, 4) is 5.69 Å². The van der Waals surface area contributed by atoms with Crippen LogP contribution in [0.15, 0.2) is 115 Å². The molecule has 5 aromatic carbocycles. The molecule has 0 aliphatic heterocycles. The van der Waals surface area contributed by atoms with E-state index in [2.05, 4.69) is 120 Å². The number of benzene rings is 5. The first-order chi connectivity index (χ1) is 16.3. The van der Waals surface area contributed by atoms with Crippen LogP contribution in [0.25, 0.3) is 47.7 Å². The van der Waals surface area contributed by atoms with Crippen molar-refractivity contribution >= 4 is 53.3 Å². The molecule has 0 atom stereocenters. The zero-order valence-corrected chi connectivity index (χ0v) is 18.8. The first-order valence-corrected chi connectivity index (χ1v) is 12.1. The Balaban J connectivity index is 1.37. The molecule has 0 saturated heterocycles. The van der Waals surface area contributed by atoms with Gasteiger partial charge in [0.1, 0.15) is 0 Å². The van der Waals surface area contributed by atoms with Crippen molar-refractivity contribution in [2.45, 2.75) is 6.42 Å². The maximum Gasteiger partial charge on any atom is 0.0543 e. The number of hydrogen-bond donors (Lipinski definition) is 0. The Morgan fingerprint density at radius 3 is 2.00 bits per heavy atom. The number of nitrogens with zero attached hydrogens (tertiary/aromatic N) is 1. The molecule has 0 unspecified atom stereocenters. The standard InChI is InChI=1S/C31H21NS/c1-2-8-23(9-3-1)32-28-12-6-4-10-24(28)25-16-14-21(19-29(25)32)18-22-15-17-27-26-11-5-7-13-30(26)33-31(27)20-22/h1-17,19-20H,18H2. The van der Waals surface area contributed by atoms with Crippen molar-refractivity contribution in [2.75, 3.05) is 0 Å². The second-order valence-corrected chi connectivity index (χ2v) is 9.73. The molecule has 0 saturated carbocycles. The zero-order chi connectivity index (χ0) is 21.8. The fraction of sp³-hybridized carbons (Fsp3) is 0.0323. The minimum atomic E-state index is 0.927. The topological polar surface area (TPSA) is 4.93 Å². The lowest BCUT2D eigenvalue weighted by molar-refractivity contribution is 1.16. The van der Waals surface area contributed by atoms with E-state index in [0.29, 0.717) is 0 Å². The van der Waals surface area contributed by atoms with Crippen LogP contribution in [0, 0.1) is 0 Å². The molecule has 0 aliphatic rings. The van der Waals surface area contributed by atoms with Crippen molar-refractivity contribution in [1.82, 2.24) is 4.57 Å². The molecule has 0 fully saturated rings. The molecule has 0 amide bonds. The van der Waals surface area contributed by atoms with E-state index >= 15 is 0 Å². The molecule has 7 aromatic rings.